The third-order valence-corrected chi connectivity index (χ3v) is 4.95. The fourth-order valence-corrected chi connectivity index (χ4v) is 3.43. The molecule has 0 aliphatic carbocycles. The first kappa shape index (κ1) is 16.9. The lowest BCUT2D eigenvalue weighted by molar-refractivity contribution is 0.0703. The molecule has 1 atom stereocenters. The van der Waals surface area contributed by atoms with E-state index in [2.05, 4.69) is 5.10 Å². The zero-order valence-corrected chi connectivity index (χ0v) is 15.1. The second-order valence-corrected chi connectivity index (χ2v) is 6.75. The molecular formula is C19H23N3O4. The predicted molar refractivity (Wildman–Crippen MR) is 94.4 cm³/mol. The number of aryl methyl sites for hydroxylation is 1. The van der Waals surface area contributed by atoms with Gasteiger partial charge in [0.25, 0.3) is 5.91 Å². The monoisotopic (exact) mass is 357 g/mol. The van der Waals surface area contributed by atoms with Crippen LogP contribution in [0.25, 0.3) is 0 Å². The number of ether oxygens (including phenoxy) is 2. The largest absolute Gasteiger partial charge is 0.486 e. The minimum Gasteiger partial charge on any atom is -0.486 e. The normalized spacial score (nSPS) is 17.0. The molecule has 3 heterocycles. The highest BCUT2D eigenvalue weighted by molar-refractivity contribution is 5.96. The van der Waals surface area contributed by atoms with Crippen molar-refractivity contribution in [2.24, 2.45) is 0 Å². The number of hydrogen-bond acceptors (Lipinski definition) is 5. The molecule has 0 unspecified atom stereocenters. The third kappa shape index (κ3) is 2.92. The number of aliphatic hydroxyl groups excluding tert-OH is 1. The van der Waals surface area contributed by atoms with Crippen LogP contribution in [0.2, 0.25) is 0 Å². The summed E-state index contributed by atoms with van der Waals surface area (Å²) in [5.41, 5.74) is 3.13. The van der Waals surface area contributed by atoms with Crippen molar-refractivity contribution in [3.63, 3.8) is 0 Å². The van der Waals surface area contributed by atoms with E-state index in [4.69, 9.17) is 9.47 Å². The average Bonchev–Trinajstić information content (AvgIpc) is 3.09. The van der Waals surface area contributed by atoms with Gasteiger partial charge in [-0.2, -0.15) is 5.10 Å². The molecule has 2 aliphatic rings. The van der Waals surface area contributed by atoms with Crippen molar-refractivity contribution in [3.05, 3.63) is 40.7 Å². The number of aromatic nitrogens is 2. The van der Waals surface area contributed by atoms with Crippen molar-refractivity contribution in [1.29, 1.82) is 0 Å². The number of aliphatic hydroxyl groups is 1. The molecule has 0 saturated carbocycles. The number of hydrogen-bond donors (Lipinski definition) is 1. The van der Waals surface area contributed by atoms with Crippen molar-refractivity contribution in [1.82, 2.24) is 14.7 Å². The molecule has 0 saturated heterocycles. The Morgan fingerprint density at radius 1 is 1.23 bits per heavy atom. The standard InChI is InChI=1S/C19H23N3O4/c1-3-16(23)15-9-13-11-21(4-5-22(13)20-15)19(24)14-10-18-17(8-12(14)2)25-6-7-26-18/h8-10,16,23H,3-7,11H2,1-2H3/t16-/m1/s1. The van der Waals surface area contributed by atoms with Gasteiger partial charge in [0, 0.05) is 12.1 Å². The maximum atomic E-state index is 13.1. The van der Waals surface area contributed by atoms with Crippen LogP contribution in [-0.4, -0.2) is 45.5 Å². The fourth-order valence-electron chi connectivity index (χ4n) is 3.43. The zero-order valence-electron chi connectivity index (χ0n) is 15.1. The first-order chi connectivity index (χ1) is 12.6. The fraction of sp³-hybridized carbons (Fsp3) is 0.474. The molecule has 1 N–H and O–H groups in total. The molecule has 1 amide bonds. The molecule has 1 aromatic heterocycles. The van der Waals surface area contributed by atoms with Crippen LogP contribution >= 0.6 is 0 Å². The van der Waals surface area contributed by atoms with E-state index in [-0.39, 0.29) is 5.91 Å². The number of rotatable bonds is 3. The number of carbonyl (C=O) groups is 1. The van der Waals surface area contributed by atoms with Gasteiger partial charge in [-0.3, -0.25) is 9.48 Å². The Bertz CT molecular complexity index is 846. The van der Waals surface area contributed by atoms with Crippen molar-refractivity contribution in [2.75, 3.05) is 19.8 Å². The Morgan fingerprint density at radius 2 is 1.96 bits per heavy atom. The second kappa shape index (κ2) is 6.64. The lowest BCUT2D eigenvalue weighted by Crippen LogP contribution is -2.38. The van der Waals surface area contributed by atoms with Gasteiger partial charge in [0.15, 0.2) is 11.5 Å². The first-order valence-corrected chi connectivity index (χ1v) is 9.01. The molecule has 0 fully saturated rings. The predicted octanol–water partition coefficient (Wildman–Crippen LogP) is 2.06. The minimum atomic E-state index is -0.558. The second-order valence-electron chi connectivity index (χ2n) is 6.75. The summed E-state index contributed by atoms with van der Waals surface area (Å²) in [5.74, 6) is 1.30. The minimum absolute atomic E-state index is 0.0236. The van der Waals surface area contributed by atoms with Gasteiger partial charge in [-0.1, -0.05) is 6.92 Å². The van der Waals surface area contributed by atoms with Crippen molar-refractivity contribution in [2.45, 2.75) is 39.5 Å². The number of benzene rings is 1. The van der Waals surface area contributed by atoms with Crippen LogP contribution in [0.4, 0.5) is 0 Å². The number of carbonyl (C=O) groups excluding carboxylic acids is 1. The molecule has 0 radical (unpaired) electrons. The summed E-state index contributed by atoms with van der Waals surface area (Å²) in [4.78, 5) is 14.9. The highest BCUT2D eigenvalue weighted by Gasteiger charge is 2.26. The maximum Gasteiger partial charge on any atom is 0.254 e. The Labute approximate surface area is 152 Å². The third-order valence-electron chi connectivity index (χ3n) is 4.95. The van der Waals surface area contributed by atoms with Crippen LogP contribution in [0, 0.1) is 6.92 Å². The zero-order chi connectivity index (χ0) is 18.3. The summed E-state index contributed by atoms with van der Waals surface area (Å²) < 4.78 is 13.1. The SMILES string of the molecule is CC[C@@H](O)c1cc2n(n1)CCN(C(=O)c1cc3c(cc1C)OCCO3)C2. The van der Waals surface area contributed by atoms with Crippen LogP contribution in [0.15, 0.2) is 18.2 Å². The lowest BCUT2D eigenvalue weighted by Gasteiger charge is -2.29. The van der Waals surface area contributed by atoms with Gasteiger partial charge in [-0.25, -0.2) is 0 Å². The van der Waals surface area contributed by atoms with Gasteiger partial charge in [-0.15, -0.1) is 0 Å². The van der Waals surface area contributed by atoms with Gasteiger partial charge in [-0.05, 0) is 37.1 Å². The number of nitrogens with zero attached hydrogens (tertiary/aromatic N) is 3. The van der Waals surface area contributed by atoms with Gasteiger partial charge in [0.1, 0.15) is 13.2 Å². The number of fused-ring (bicyclic) bond motifs is 2. The molecule has 1 aromatic carbocycles. The van der Waals surface area contributed by atoms with Gasteiger partial charge in [0.05, 0.1) is 30.6 Å². The Hall–Kier alpha value is -2.54. The molecule has 4 rings (SSSR count). The van der Waals surface area contributed by atoms with E-state index in [0.29, 0.717) is 62.0 Å². The van der Waals surface area contributed by atoms with Crippen molar-refractivity contribution < 1.29 is 19.4 Å². The molecule has 7 heteroatoms. The van der Waals surface area contributed by atoms with Crippen LogP contribution in [-0.2, 0) is 13.1 Å². The molecule has 0 bridgehead atoms. The van der Waals surface area contributed by atoms with Crippen LogP contribution in [0.3, 0.4) is 0 Å². The Morgan fingerprint density at radius 3 is 2.69 bits per heavy atom. The topological polar surface area (TPSA) is 76.8 Å². The quantitative estimate of drug-likeness (QED) is 0.910. The Kier molecular flexibility index (Phi) is 4.32. The lowest BCUT2D eigenvalue weighted by atomic mass is 10.1. The van der Waals surface area contributed by atoms with Gasteiger partial charge < -0.3 is 19.5 Å². The van der Waals surface area contributed by atoms with E-state index in [9.17, 15) is 9.90 Å². The summed E-state index contributed by atoms with van der Waals surface area (Å²) in [6.07, 6.45) is 0.0625. The Balaban J connectivity index is 1.57. The molecule has 138 valence electrons. The molecule has 0 spiro atoms. The number of amides is 1. The smallest absolute Gasteiger partial charge is 0.254 e. The van der Waals surface area contributed by atoms with E-state index in [0.717, 1.165) is 11.3 Å². The van der Waals surface area contributed by atoms with E-state index in [1.807, 2.05) is 35.6 Å². The summed E-state index contributed by atoms with van der Waals surface area (Å²) in [6.45, 7) is 6.55. The molecule has 7 nitrogen and oxygen atoms in total. The molecule has 2 aromatic rings. The van der Waals surface area contributed by atoms with E-state index >= 15 is 0 Å². The molecular weight excluding hydrogens is 334 g/mol. The maximum absolute atomic E-state index is 13.1. The first-order valence-electron chi connectivity index (χ1n) is 9.01. The summed E-state index contributed by atoms with van der Waals surface area (Å²) >= 11 is 0. The van der Waals surface area contributed by atoms with Crippen LogP contribution in [0.1, 0.15) is 46.8 Å². The van der Waals surface area contributed by atoms with Crippen molar-refractivity contribution in [3.8, 4) is 11.5 Å². The molecule has 2 aliphatic heterocycles. The van der Waals surface area contributed by atoms with E-state index in [1.165, 1.54) is 0 Å². The summed E-state index contributed by atoms with van der Waals surface area (Å²) in [6, 6.07) is 5.54. The van der Waals surface area contributed by atoms with Crippen LogP contribution < -0.4 is 9.47 Å². The van der Waals surface area contributed by atoms with E-state index in [1.54, 1.807) is 6.07 Å². The average molecular weight is 357 g/mol. The summed E-state index contributed by atoms with van der Waals surface area (Å²) in [5, 5.41) is 14.5. The highest BCUT2D eigenvalue weighted by atomic mass is 16.6. The van der Waals surface area contributed by atoms with Crippen LogP contribution in [0.5, 0.6) is 11.5 Å². The molecule has 26 heavy (non-hydrogen) atoms. The summed E-state index contributed by atoms with van der Waals surface area (Å²) in [7, 11) is 0. The van der Waals surface area contributed by atoms with Crippen molar-refractivity contribution >= 4 is 5.91 Å². The van der Waals surface area contributed by atoms with Gasteiger partial charge >= 0.3 is 0 Å². The van der Waals surface area contributed by atoms with E-state index < -0.39 is 6.10 Å². The van der Waals surface area contributed by atoms with Gasteiger partial charge in [0.2, 0.25) is 0 Å². The highest BCUT2D eigenvalue weighted by Crippen LogP contribution is 2.34.